The van der Waals surface area contributed by atoms with Crippen molar-refractivity contribution in [1.29, 1.82) is 0 Å². The Morgan fingerprint density at radius 1 is 1.10 bits per heavy atom. The Bertz CT molecular complexity index is 1590. The van der Waals surface area contributed by atoms with E-state index in [0.717, 1.165) is 11.1 Å². The molecule has 196 valence electrons. The quantitative estimate of drug-likeness (QED) is 0.135. The van der Waals surface area contributed by atoms with E-state index in [-0.39, 0.29) is 10.7 Å². The van der Waals surface area contributed by atoms with Crippen molar-refractivity contribution in [2.75, 3.05) is 12.0 Å². The van der Waals surface area contributed by atoms with Crippen LogP contribution in [0.3, 0.4) is 0 Å². The van der Waals surface area contributed by atoms with E-state index in [1.54, 1.807) is 30.3 Å². The molecule has 0 saturated heterocycles. The number of allylic oxidation sites excluding steroid dienone is 1. The Hall–Kier alpha value is -3.92. The lowest BCUT2D eigenvalue weighted by atomic mass is 9.95. The number of ether oxygens (including phenoxy) is 1. The molecular weight excluding hydrogens is 554 g/mol. The highest BCUT2D eigenvalue weighted by Gasteiger charge is 2.45. The maximum absolute atomic E-state index is 13.4. The van der Waals surface area contributed by atoms with E-state index < -0.39 is 23.5 Å². The van der Waals surface area contributed by atoms with Crippen molar-refractivity contribution < 1.29 is 19.4 Å². The first-order valence-electron chi connectivity index (χ1n) is 11.8. The van der Waals surface area contributed by atoms with Crippen LogP contribution in [0.2, 0.25) is 5.02 Å². The van der Waals surface area contributed by atoms with Crippen LogP contribution in [0.4, 0.5) is 5.13 Å². The molecule has 0 spiro atoms. The summed E-state index contributed by atoms with van der Waals surface area (Å²) < 4.78 is 5.99. The lowest BCUT2D eigenvalue weighted by molar-refractivity contribution is -0.117. The molecule has 1 N–H and O–H groups in total. The number of thioether (sulfide) groups is 1. The molecule has 1 unspecified atom stereocenters. The van der Waals surface area contributed by atoms with Crippen molar-refractivity contribution in [3.8, 4) is 5.75 Å². The third-order valence-corrected chi connectivity index (χ3v) is 8.49. The highest BCUT2D eigenvalue weighted by Crippen LogP contribution is 2.44. The van der Waals surface area contributed by atoms with Crippen molar-refractivity contribution in [1.82, 2.24) is 10.2 Å². The molecule has 0 bridgehead atoms. The summed E-state index contributed by atoms with van der Waals surface area (Å²) in [6, 6.07) is 22.9. The third kappa shape index (κ3) is 5.75. The van der Waals surface area contributed by atoms with Crippen molar-refractivity contribution in [3.63, 3.8) is 0 Å². The standard InChI is InChI=1S/C29H22ClN3O4S2/c1-37-21-12-7-11-19(16-21)25-24(23(34)15-14-18-8-3-2-4-9-18)26(35)27(36)33(25)28-31-32-29(39-28)38-17-20-10-5-6-13-22(20)30/h2-16,25,35H,17H2,1H3. The van der Waals surface area contributed by atoms with Gasteiger partial charge in [-0.05, 0) is 41.0 Å². The molecule has 5 rings (SSSR count). The molecule has 7 nitrogen and oxygen atoms in total. The van der Waals surface area contributed by atoms with Crippen LogP contribution < -0.4 is 9.64 Å². The number of carbonyl (C=O) groups is 2. The molecule has 1 amide bonds. The second-order valence-corrected chi connectivity index (χ2v) is 11.0. The monoisotopic (exact) mass is 575 g/mol. The highest BCUT2D eigenvalue weighted by molar-refractivity contribution is 8.00. The lowest BCUT2D eigenvalue weighted by Crippen LogP contribution is -2.30. The number of aromatic nitrogens is 2. The lowest BCUT2D eigenvalue weighted by Gasteiger charge is -2.24. The van der Waals surface area contributed by atoms with Crippen LogP contribution in [-0.2, 0) is 15.3 Å². The van der Waals surface area contributed by atoms with Crippen LogP contribution in [-0.4, -0.2) is 34.1 Å². The smallest absolute Gasteiger partial charge is 0.296 e. The molecule has 1 aliphatic heterocycles. The van der Waals surface area contributed by atoms with E-state index in [4.69, 9.17) is 16.3 Å². The fraction of sp³-hybridized carbons (Fsp3) is 0.103. The van der Waals surface area contributed by atoms with Gasteiger partial charge in [0.05, 0.1) is 18.7 Å². The van der Waals surface area contributed by atoms with Gasteiger partial charge in [-0.25, -0.2) is 0 Å². The molecule has 1 aromatic heterocycles. The van der Waals surface area contributed by atoms with Crippen LogP contribution in [0.25, 0.3) is 6.08 Å². The molecule has 0 saturated carbocycles. The summed E-state index contributed by atoms with van der Waals surface area (Å²) in [6.45, 7) is 0. The van der Waals surface area contributed by atoms with Gasteiger partial charge in [-0.3, -0.25) is 14.5 Å². The molecule has 39 heavy (non-hydrogen) atoms. The minimum Gasteiger partial charge on any atom is -0.503 e. The number of amides is 1. The van der Waals surface area contributed by atoms with Crippen LogP contribution in [0.15, 0.2) is 101 Å². The minimum atomic E-state index is -0.921. The van der Waals surface area contributed by atoms with Gasteiger partial charge in [0.2, 0.25) is 5.13 Å². The second kappa shape index (κ2) is 11.9. The van der Waals surface area contributed by atoms with Crippen molar-refractivity contribution in [3.05, 3.63) is 118 Å². The van der Waals surface area contributed by atoms with E-state index in [1.807, 2.05) is 54.6 Å². The maximum atomic E-state index is 13.4. The van der Waals surface area contributed by atoms with Gasteiger partial charge in [-0.1, -0.05) is 101 Å². The number of anilines is 1. The number of methoxy groups -OCH3 is 1. The number of aliphatic hydroxyl groups is 1. The Morgan fingerprint density at radius 2 is 1.87 bits per heavy atom. The molecule has 0 fully saturated rings. The van der Waals surface area contributed by atoms with Gasteiger partial charge in [0.15, 0.2) is 15.9 Å². The first kappa shape index (κ1) is 26.7. The van der Waals surface area contributed by atoms with Crippen molar-refractivity contribution in [2.24, 2.45) is 0 Å². The van der Waals surface area contributed by atoms with Gasteiger partial charge >= 0.3 is 0 Å². The molecule has 4 aromatic rings. The Kier molecular flexibility index (Phi) is 8.11. The number of aliphatic hydroxyl groups excluding tert-OH is 1. The Balaban J connectivity index is 1.48. The summed E-state index contributed by atoms with van der Waals surface area (Å²) in [5.74, 6) is -0.716. The van der Waals surface area contributed by atoms with Crippen molar-refractivity contribution in [2.45, 2.75) is 16.1 Å². The number of benzene rings is 3. The van der Waals surface area contributed by atoms with E-state index in [0.29, 0.717) is 26.4 Å². The van der Waals surface area contributed by atoms with Gasteiger partial charge in [-0.15, -0.1) is 10.2 Å². The van der Waals surface area contributed by atoms with Crippen LogP contribution >= 0.6 is 34.7 Å². The molecule has 3 aromatic carbocycles. The predicted octanol–water partition coefficient (Wildman–Crippen LogP) is 6.67. The highest BCUT2D eigenvalue weighted by atomic mass is 35.5. The summed E-state index contributed by atoms with van der Waals surface area (Å²) in [6.07, 6.45) is 3.00. The van der Waals surface area contributed by atoms with E-state index >= 15 is 0 Å². The Morgan fingerprint density at radius 3 is 2.64 bits per heavy atom. The normalized spacial score (nSPS) is 15.4. The average molecular weight is 576 g/mol. The van der Waals surface area contributed by atoms with E-state index in [2.05, 4.69) is 10.2 Å². The molecule has 1 aliphatic rings. The summed E-state index contributed by atoms with van der Waals surface area (Å²) in [7, 11) is 1.53. The molecule has 1 atom stereocenters. The molecular formula is C29H22ClN3O4S2. The number of rotatable bonds is 9. The number of carbonyl (C=O) groups excluding carboxylic acids is 2. The fourth-order valence-corrected chi connectivity index (χ4v) is 6.27. The second-order valence-electron chi connectivity index (χ2n) is 8.46. The molecule has 0 aliphatic carbocycles. The van der Waals surface area contributed by atoms with E-state index in [9.17, 15) is 14.7 Å². The number of halogens is 1. The molecule has 10 heteroatoms. The molecule has 2 heterocycles. The topological polar surface area (TPSA) is 92.6 Å². The van der Waals surface area contributed by atoms with Crippen molar-refractivity contribution >= 4 is 57.6 Å². The summed E-state index contributed by atoms with van der Waals surface area (Å²) in [4.78, 5) is 28.1. The number of nitrogens with zero attached hydrogens (tertiary/aromatic N) is 3. The zero-order valence-electron chi connectivity index (χ0n) is 20.7. The zero-order valence-corrected chi connectivity index (χ0v) is 23.0. The average Bonchev–Trinajstić information content (AvgIpc) is 3.53. The van der Waals surface area contributed by atoms with Gasteiger partial charge in [0.1, 0.15) is 5.75 Å². The fourth-order valence-electron chi connectivity index (χ4n) is 4.12. The number of hydrogen-bond acceptors (Lipinski definition) is 8. The van der Waals surface area contributed by atoms with Gasteiger partial charge in [0, 0.05) is 10.8 Å². The SMILES string of the molecule is COc1cccc(C2C(C(=O)C=Cc3ccccc3)=C(O)C(=O)N2c2nnc(SCc3ccccc3Cl)s2)c1. The number of ketones is 1. The van der Waals surface area contributed by atoms with Gasteiger partial charge < -0.3 is 9.84 Å². The summed E-state index contributed by atoms with van der Waals surface area (Å²) in [5.41, 5.74) is 2.31. The summed E-state index contributed by atoms with van der Waals surface area (Å²) >= 11 is 8.91. The van der Waals surface area contributed by atoms with Crippen LogP contribution in [0, 0.1) is 0 Å². The first-order valence-corrected chi connectivity index (χ1v) is 14.0. The maximum Gasteiger partial charge on any atom is 0.296 e. The van der Waals surface area contributed by atoms with Gasteiger partial charge in [0.25, 0.3) is 5.91 Å². The summed E-state index contributed by atoms with van der Waals surface area (Å²) in [5, 5.41) is 20.3. The molecule has 0 radical (unpaired) electrons. The van der Waals surface area contributed by atoms with Gasteiger partial charge in [-0.2, -0.15) is 0 Å². The van der Waals surface area contributed by atoms with E-state index in [1.165, 1.54) is 41.2 Å². The number of hydrogen-bond donors (Lipinski definition) is 1. The minimum absolute atomic E-state index is 0.0408. The predicted molar refractivity (Wildman–Crippen MR) is 154 cm³/mol. The first-order chi connectivity index (χ1) is 19.0. The third-order valence-electron chi connectivity index (χ3n) is 6.02. The zero-order chi connectivity index (χ0) is 27.4. The Labute approximate surface area is 238 Å². The van der Waals surface area contributed by atoms with Crippen LogP contribution in [0.5, 0.6) is 5.75 Å². The largest absolute Gasteiger partial charge is 0.503 e. The van der Waals surface area contributed by atoms with Crippen LogP contribution in [0.1, 0.15) is 22.7 Å².